The Bertz CT molecular complexity index is 390. The molecule has 1 aromatic heterocycles. The number of aromatic nitrogens is 2. The Kier molecular flexibility index (Phi) is 4.32. The molecule has 90 valence electrons. The predicted molar refractivity (Wildman–Crippen MR) is 61.4 cm³/mol. The van der Waals surface area contributed by atoms with Crippen LogP contribution in [-0.4, -0.2) is 45.9 Å². The number of hydrogen-bond acceptors (Lipinski definition) is 3. The van der Waals surface area contributed by atoms with Crippen molar-refractivity contribution < 1.29 is 9.90 Å². The van der Waals surface area contributed by atoms with Crippen molar-refractivity contribution >= 4 is 17.5 Å². The smallest absolute Gasteiger partial charge is 0.226 e. The maximum absolute atomic E-state index is 11.7. The Morgan fingerprint density at radius 1 is 1.62 bits per heavy atom. The van der Waals surface area contributed by atoms with E-state index >= 15 is 0 Å². The second kappa shape index (κ2) is 5.32. The fraction of sp³-hybridized carbons (Fsp3) is 0.600. The normalized spacial score (nSPS) is 10.6. The summed E-state index contributed by atoms with van der Waals surface area (Å²) >= 11 is 6.02. The van der Waals surface area contributed by atoms with E-state index in [0.717, 1.165) is 11.3 Å². The van der Waals surface area contributed by atoms with Crippen LogP contribution in [0.3, 0.4) is 0 Å². The van der Waals surface area contributed by atoms with Crippen LogP contribution in [0.25, 0.3) is 0 Å². The summed E-state index contributed by atoms with van der Waals surface area (Å²) in [5, 5.41) is 13.4. The number of amides is 1. The van der Waals surface area contributed by atoms with Crippen LogP contribution in [0.2, 0.25) is 5.15 Å². The summed E-state index contributed by atoms with van der Waals surface area (Å²) in [7, 11) is 3.39. The summed E-state index contributed by atoms with van der Waals surface area (Å²) in [5.41, 5.74) is 1.51. The summed E-state index contributed by atoms with van der Waals surface area (Å²) in [6, 6.07) is 0. The fourth-order valence-electron chi connectivity index (χ4n) is 1.44. The van der Waals surface area contributed by atoms with Crippen molar-refractivity contribution in [3.05, 3.63) is 16.4 Å². The van der Waals surface area contributed by atoms with Gasteiger partial charge in [0.25, 0.3) is 0 Å². The molecule has 1 amide bonds. The van der Waals surface area contributed by atoms with Crippen molar-refractivity contribution in [3.8, 4) is 0 Å². The Balaban J connectivity index is 2.77. The zero-order valence-electron chi connectivity index (χ0n) is 9.70. The minimum Gasteiger partial charge on any atom is -0.395 e. The van der Waals surface area contributed by atoms with Gasteiger partial charge in [-0.05, 0) is 6.92 Å². The highest BCUT2D eigenvalue weighted by atomic mass is 35.5. The molecule has 1 heterocycles. The monoisotopic (exact) mass is 245 g/mol. The predicted octanol–water partition coefficient (Wildman–Crippen LogP) is 0.375. The van der Waals surface area contributed by atoms with Gasteiger partial charge in [-0.2, -0.15) is 5.10 Å². The molecule has 5 nitrogen and oxygen atoms in total. The van der Waals surface area contributed by atoms with E-state index in [1.54, 1.807) is 18.8 Å². The first kappa shape index (κ1) is 13.0. The van der Waals surface area contributed by atoms with Crippen molar-refractivity contribution in [2.75, 3.05) is 20.2 Å². The number of hydrogen-bond donors (Lipinski definition) is 1. The van der Waals surface area contributed by atoms with E-state index in [1.807, 2.05) is 6.92 Å². The third kappa shape index (κ3) is 2.74. The molecular formula is C10H16ClN3O2. The maximum atomic E-state index is 11.7. The quantitative estimate of drug-likeness (QED) is 0.834. The highest BCUT2D eigenvalue weighted by Crippen LogP contribution is 2.19. The van der Waals surface area contributed by atoms with Crippen LogP contribution >= 0.6 is 11.6 Å². The lowest BCUT2D eigenvalue weighted by Gasteiger charge is -2.15. The van der Waals surface area contributed by atoms with Gasteiger partial charge in [0.05, 0.1) is 18.7 Å². The van der Waals surface area contributed by atoms with Crippen LogP contribution in [0, 0.1) is 6.92 Å². The zero-order valence-corrected chi connectivity index (χ0v) is 10.5. The van der Waals surface area contributed by atoms with Gasteiger partial charge in [0.2, 0.25) is 5.91 Å². The van der Waals surface area contributed by atoms with Gasteiger partial charge in [-0.15, -0.1) is 0 Å². The molecule has 6 heteroatoms. The number of halogens is 1. The molecule has 0 saturated heterocycles. The van der Waals surface area contributed by atoms with E-state index in [9.17, 15) is 4.79 Å². The molecule has 0 aliphatic heterocycles. The van der Waals surface area contributed by atoms with Gasteiger partial charge in [-0.1, -0.05) is 11.6 Å². The third-order valence-corrected chi connectivity index (χ3v) is 2.93. The Morgan fingerprint density at radius 3 is 2.69 bits per heavy atom. The average molecular weight is 246 g/mol. The zero-order chi connectivity index (χ0) is 12.3. The van der Waals surface area contributed by atoms with E-state index in [0.29, 0.717) is 11.7 Å². The molecule has 16 heavy (non-hydrogen) atoms. The van der Waals surface area contributed by atoms with Crippen LogP contribution in [0.5, 0.6) is 0 Å². The van der Waals surface area contributed by atoms with Crippen LogP contribution in [0.4, 0.5) is 0 Å². The van der Waals surface area contributed by atoms with Crippen LogP contribution in [-0.2, 0) is 18.3 Å². The number of carbonyl (C=O) groups is 1. The van der Waals surface area contributed by atoms with Gasteiger partial charge in [-0.25, -0.2) is 0 Å². The van der Waals surface area contributed by atoms with Crippen molar-refractivity contribution in [1.82, 2.24) is 14.7 Å². The molecule has 0 aromatic carbocycles. The second-order valence-corrected chi connectivity index (χ2v) is 4.05. The van der Waals surface area contributed by atoms with Gasteiger partial charge in [-0.3, -0.25) is 9.48 Å². The molecule has 0 fully saturated rings. The Hall–Kier alpha value is -1.07. The highest BCUT2D eigenvalue weighted by Gasteiger charge is 2.17. The largest absolute Gasteiger partial charge is 0.395 e. The molecule has 1 aromatic rings. The number of carbonyl (C=O) groups excluding carboxylic acids is 1. The van der Waals surface area contributed by atoms with E-state index in [2.05, 4.69) is 5.10 Å². The molecule has 1 rings (SSSR count). The van der Waals surface area contributed by atoms with Crippen molar-refractivity contribution in [2.24, 2.45) is 7.05 Å². The van der Waals surface area contributed by atoms with Crippen LogP contribution in [0.15, 0.2) is 0 Å². The molecule has 0 unspecified atom stereocenters. The molecule has 0 atom stereocenters. The molecular weight excluding hydrogens is 230 g/mol. The summed E-state index contributed by atoms with van der Waals surface area (Å²) < 4.78 is 1.55. The molecule has 0 saturated carbocycles. The molecule has 0 spiro atoms. The summed E-state index contributed by atoms with van der Waals surface area (Å²) in [6.45, 7) is 2.11. The average Bonchev–Trinajstić information content (AvgIpc) is 2.45. The lowest BCUT2D eigenvalue weighted by atomic mass is 10.2. The van der Waals surface area contributed by atoms with Crippen molar-refractivity contribution in [2.45, 2.75) is 13.3 Å². The minimum atomic E-state index is -0.0768. The fourth-order valence-corrected chi connectivity index (χ4v) is 1.68. The SMILES string of the molecule is Cc1nn(C)c(Cl)c1CC(=O)N(C)CCO. The van der Waals surface area contributed by atoms with Crippen LogP contribution < -0.4 is 0 Å². The van der Waals surface area contributed by atoms with Crippen molar-refractivity contribution in [3.63, 3.8) is 0 Å². The highest BCUT2D eigenvalue weighted by molar-refractivity contribution is 6.30. The van der Waals surface area contributed by atoms with Gasteiger partial charge in [0.1, 0.15) is 5.15 Å². The number of aliphatic hydroxyl groups is 1. The van der Waals surface area contributed by atoms with Gasteiger partial charge in [0, 0.05) is 26.2 Å². The third-order valence-electron chi connectivity index (χ3n) is 2.46. The summed E-state index contributed by atoms with van der Waals surface area (Å²) in [4.78, 5) is 13.2. The van der Waals surface area contributed by atoms with Crippen molar-refractivity contribution in [1.29, 1.82) is 0 Å². The molecule has 1 N–H and O–H groups in total. The molecule has 0 aliphatic rings. The lowest BCUT2D eigenvalue weighted by Crippen LogP contribution is -2.30. The number of rotatable bonds is 4. The number of likely N-dealkylation sites (N-methyl/N-ethyl adjacent to an activating group) is 1. The number of aliphatic hydroxyl groups excluding tert-OH is 1. The van der Waals surface area contributed by atoms with E-state index in [4.69, 9.17) is 16.7 Å². The first-order valence-corrected chi connectivity index (χ1v) is 5.38. The minimum absolute atomic E-state index is 0.0397. The Labute approximate surface area is 99.6 Å². The number of aryl methyl sites for hydroxylation is 2. The van der Waals surface area contributed by atoms with E-state index in [-0.39, 0.29) is 18.9 Å². The Morgan fingerprint density at radius 2 is 2.25 bits per heavy atom. The van der Waals surface area contributed by atoms with Gasteiger partial charge < -0.3 is 10.0 Å². The maximum Gasteiger partial charge on any atom is 0.226 e. The summed E-state index contributed by atoms with van der Waals surface area (Å²) in [5.74, 6) is -0.0768. The number of nitrogens with zero attached hydrogens (tertiary/aromatic N) is 3. The lowest BCUT2D eigenvalue weighted by molar-refractivity contribution is -0.129. The first-order chi connectivity index (χ1) is 7.47. The summed E-state index contributed by atoms with van der Waals surface area (Å²) in [6.07, 6.45) is 0.217. The van der Waals surface area contributed by atoms with Gasteiger partial charge >= 0.3 is 0 Å². The van der Waals surface area contributed by atoms with Crippen LogP contribution in [0.1, 0.15) is 11.3 Å². The topological polar surface area (TPSA) is 58.4 Å². The van der Waals surface area contributed by atoms with E-state index in [1.165, 1.54) is 4.90 Å². The molecule has 0 radical (unpaired) electrons. The molecule has 0 bridgehead atoms. The standard InChI is InChI=1S/C10H16ClN3O2/c1-7-8(10(11)14(3)12-7)6-9(16)13(2)4-5-15/h15H,4-6H2,1-3H3. The van der Waals surface area contributed by atoms with Gasteiger partial charge in [0.15, 0.2) is 0 Å². The van der Waals surface area contributed by atoms with E-state index < -0.39 is 0 Å². The molecule has 0 aliphatic carbocycles. The first-order valence-electron chi connectivity index (χ1n) is 5.00. The second-order valence-electron chi connectivity index (χ2n) is 3.69.